The van der Waals surface area contributed by atoms with Gasteiger partial charge in [0.2, 0.25) is 0 Å². The summed E-state index contributed by atoms with van der Waals surface area (Å²) in [5.74, 6) is 1.76. The molecule has 11 heteroatoms. The smallest absolute Gasteiger partial charge is 0.143 e. The minimum absolute atomic E-state index is 0.142. The van der Waals surface area contributed by atoms with E-state index in [0.717, 1.165) is 38.9 Å². The highest BCUT2D eigenvalue weighted by molar-refractivity contribution is 6.36. The van der Waals surface area contributed by atoms with E-state index >= 15 is 0 Å². The summed E-state index contributed by atoms with van der Waals surface area (Å²) in [6.45, 7) is 7.07. The van der Waals surface area contributed by atoms with Gasteiger partial charge in [0.15, 0.2) is 0 Å². The van der Waals surface area contributed by atoms with Gasteiger partial charge in [0.25, 0.3) is 0 Å². The van der Waals surface area contributed by atoms with Gasteiger partial charge < -0.3 is 28.4 Å². The Morgan fingerprint density at radius 1 is 0.562 bits per heavy atom. The normalized spacial score (nSPS) is 16.6. The lowest BCUT2D eigenvalue weighted by Gasteiger charge is -2.18. The lowest BCUT2D eigenvalue weighted by atomic mass is 10.1. The third-order valence-electron chi connectivity index (χ3n) is 7.86. The molecule has 0 saturated carbocycles. The molecule has 48 heavy (non-hydrogen) atoms. The molecule has 2 heterocycles. The minimum Gasteiger partial charge on any atom is -0.487 e. The van der Waals surface area contributed by atoms with Crippen LogP contribution in [0.25, 0.3) is 0 Å². The maximum Gasteiger partial charge on any atom is 0.143 e. The van der Waals surface area contributed by atoms with Gasteiger partial charge in [0.1, 0.15) is 37.1 Å². The van der Waals surface area contributed by atoms with E-state index in [2.05, 4.69) is 0 Å². The minimum atomic E-state index is 0.142. The van der Waals surface area contributed by atoms with E-state index < -0.39 is 0 Å². The SMILES string of the molecule is CCOCc1cc(C)cc(Cl)c1OCc1cc(COc2c(Cl)cc(Cl)cc2CC2CO2)cc(COc2c(Cl)cc(Cl)cc2CC2CO2)c1. The first-order valence-corrected chi connectivity index (χ1v) is 17.6. The monoisotopic (exact) mass is 750 g/mol. The number of ether oxygens (including phenoxy) is 6. The molecule has 2 atom stereocenters. The van der Waals surface area contributed by atoms with Crippen LogP contribution < -0.4 is 14.2 Å². The van der Waals surface area contributed by atoms with Crippen LogP contribution in [0, 0.1) is 6.92 Å². The molecule has 0 spiro atoms. The van der Waals surface area contributed by atoms with Crippen molar-refractivity contribution < 1.29 is 28.4 Å². The molecule has 0 radical (unpaired) electrons. The first-order valence-electron chi connectivity index (χ1n) is 15.7. The fourth-order valence-electron chi connectivity index (χ4n) is 5.55. The molecule has 2 fully saturated rings. The Morgan fingerprint density at radius 3 is 1.40 bits per heavy atom. The van der Waals surface area contributed by atoms with E-state index in [-0.39, 0.29) is 32.0 Å². The van der Waals surface area contributed by atoms with E-state index in [4.69, 9.17) is 86.4 Å². The zero-order valence-corrected chi connectivity index (χ0v) is 30.3. The Hall–Kier alpha value is -2.39. The highest BCUT2D eigenvalue weighted by Gasteiger charge is 2.27. The summed E-state index contributed by atoms with van der Waals surface area (Å²) in [4.78, 5) is 0. The maximum atomic E-state index is 6.66. The van der Waals surface area contributed by atoms with Crippen molar-refractivity contribution in [2.24, 2.45) is 0 Å². The number of benzene rings is 4. The van der Waals surface area contributed by atoms with Crippen molar-refractivity contribution in [2.75, 3.05) is 19.8 Å². The standard InChI is InChI=1S/C37H35Cl5O6/c1-3-43-18-27-4-21(2)5-32(40)37(27)48-17-24-7-22(15-46-35-25(11-30-19-44-30)9-28(38)13-33(35)41)6-23(8-24)16-47-36-26(12-31-20-45-31)10-29(39)14-34(36)42/h4-10,13-14,30-31H,3,11-12,15-20H2,1-2H3. The first-order chi connectivity index (χ1) is 23.1. The van der Waals surface area contributed by atoms with Crippen molar-refractivity contribution in [3.05, 3.63) is 119 Å². The van der Waals surface area contributed by atoms with Crippen LogP contribution in [0.1, 0.15) is 45.9 Å². The van der Waals surface area contributed by atoms with E-state index in [1.807, 2.05) is 56.3 Å². The molecule has 0 bridgehead atoms. The number of epoxide rings is 2. The maximum absolute atomic E-state index is 6.66. The molecule has 0 N–H and O–H groups in total. The number of aryl methyl sites for hydroxylation is 1. The molecule has 0 amide bonds. The van der Waals surface area contributed by atoms with Crippen LogP contribution in [0.2, 0.25) is 25.1 Å². The summed E-state index contributed by atoms with van der Waals surface area (Å²) < 4.78 is 35.7. The van der Waals surface area contributed by atoms with Crippen molar-refractivity contribution in [1.82, 2.24) is 0 Å². The van der Waals surface area contributed by atoms with Crippen LogP contribution in [-0.2, 0) is 53.5 Å². The van der Waals surface area contributed by atoms with Gasteiger partial charge in [-0.3, -0.25) is 0 Å². The van der Waals surface area contributed by atoms with Gasteiger partial charge in [0, 0.05) is 35.1 Å². The predicted octanol–water partition coefficient (Wildman–Crippen LogP) is 10.4. The Balaban J connectivity index is 1.27. The van der Waals surface area contributed by atoms with Gasteiger partial charge >= 0.3 is 0 Å². The molecular formula is C37H35Cl5O6. The summed E-state index contributed by atoms with van der Waals surface area (Å²) in [5, 5.41) is 2.52. The zero-order valence-electron chi connectivity index (χ0n) is 26.6. The van der Waals surface area contributed by atoms with Gasteiger partial charge in [-0.2, -0.15) is 0 Å². The zero-order chi connectivity index (χ0) is 33.8. The van der Waals surface area contributed by atoms with Crippen LogP contribution in [0.15, 0.2) is 54.6 Å². The van der Waals surface area contributed by atoms with Crippen LogP contribution in [0.5, 0.6) is 17.2 Å². The molecule has 6 rings (SSSR count). The van der Waals surface area contributed by atoms with E-state index in [0.29, 0.717) is 81.6 Å². The highest BCUT2D eigenvalue weighted by Crippen LogP contribution is 2.38. The van der Waals surface area contributed by atoms with Gasteiger partial charge in [0.05, 0.1) is 47.1 Å². The van der Waals surface area contributed by atoms with Crippen molar-refractivity contribution in [2.45, 2.75) is 65.3 Å². The summed E-state index contributed by atoms with van der Waals surface area (Å²) >= 11 is 32.5. The molecule has 0 aromatic heterocycles. The molecule has 6 nitrogen and oxygen atoms in total. The van der Waals surface area contributed by atoms with E-state index in [1.165, 1.54) is 0 Å². The van der Waals surface area contributed by atoms with Crippen LogP contribution in [-0.4, -0.2) is 32.0 Å². The lowest BCUT2D eigenvalue weighted by molar-refractivity contribution is 0.130. The molecule has 4 aromatic rings. The van der Waals surface area contributed by atoms with Crippen molar-refractivity contribution in [3.63, 3.8) is 0 Å². The predicted molar refractivity (Wildman–Crippen MR) is 191 cm³/mol. The summed E-state index contributed by atoms with van der Waals surface area (Å²) in [6.07, 6.45) is 1.62. The number of rotatable bonds is 16. The quantitative estimate of drug-likeness (QED) is 0.106. The van der Waals surface area contributed by atoms with Gasteiger partial charge in [-0.1, -0.05) is 58.0 Å². The van der Waals surface area contributed by atoms with Crippen LogP contribution in [0.3, 0.4) is 0 Å². The summed E-state index contributed by atoms with van der Waals surface area (Å²) in [6, 6.07) is 17.1. The third-order valence-corrected chi connectivity index (χ3v) is 9.14. The fraction of sp³-hybridized carbons (Fsp3) is 0.351. The Kier molecular flexibility index (Phi) is 11.9. The van der Waals surface area contributed by atoms with Crippen molar-refractivity contribution in [3.8, 4) is 17.2 Å². The van der Waals surface area contributed by atoms with Crippen LogP contribution >= 0.6 is 58.0 Å². The van der Waals surface area contributed by atoms with Gasteiger partial charge in [-0.05, 0) is 102 Å². The molecular weight excluding hydrogens is 718 g/mol. The Morgan fingerprint density at radius 2 is 0.979 bits per heavy atom. The lowest BCUT2D eigenvalue weighted by Crippen LogP contribution is -2.07. The molecule has 254 valence electrons. The summed E-state index contributed by atoms with van der Waals surface area (Å²) in [5.41, 5.74) is 6.41. The van der Waals surface area contributed by atoms with Crippen LogP contribution in [0.4, 0.5) is 0 Å². The molecule has 2 saturated heterocycles. The van der Waals surface area contributed by atoms with Gasteiger partial charge in [-0.25, -0.2) is 0 Å². The largest absolute Gasteiger partial charge is 0.487 e. The second-order valence-corrected chi connectivity index (χ2v) is 14.1. The molecule has 2 unspecified atom stereocenters. The first kappa shape index (κ1) is 35.4. The topological polar surface area (TPSA) is 62.0 Å². The number of hydrogen-bond donors (Lipinski definition) is 0. The summed E-state index contributed by atoms with van der Waals surface area (Å²) in [7, 11) is 0. The average molecular weight is 753 g/mol. The molecule has 2 aliphatic heterocycles. The second-order valence-electron chi connectivity index (χ2n) is 12.0. The number of hydrogen-bond acceptors (Lipinski definition) is 6. The second kappa shape index (κ2) is 16.1. The van der Waals surface area contributed by atoms with E-state index in [1.54, 1.807) is 12.1 Å². The third kappa shape index (κ3) is 9.64. The molecule has 0 aliphatic carbocycles. The van der Waals surface area contributed by atoms with E-state index in [9.17, 15) is 0 Å². The fourth-order valence-corrected chi connectivity index (χ4v) is 7.08. The number of halogens is 5. The molecule has 2 aliphatic rings. The van der Waals surface area contributed by atoms with Crippen molar-refractivity contribution in [1.29, 1.82) is 0 Å². The van der Waals surface area contributed by atoms with Gasteiger partial charge in [-0.15, -0.1) is 0 Å². The Labute approximate surface area is 306 Å². The average Bonchev–Trinajstić information content (AvgIpc) is 3.96. The highest BCUT2D eigenvalue weighted by atomic mass is 35.5. The molecule has 4 aromatic carbocycles. The Bertz CT molecular complexity index is 1680. The van der Waals surface area contributed by atoms with Crippen molar-refractivity contribution >= 4 is 58.0 Å².